The fourth-order valence-corrected chi connectivity index (χ4v) is 2.32. The minimum Gasteiger partial charge on any atom is -0.389 e. The highest BCUT2D eigenvalue weighted by molar-refractivity contribution is 6.28. The number of hydrogen-bond acceptors (Lipinski definition) is 7. The zero-order chi connectivity index (χ0) is 15.5. The summed E-state index contributed by atoms with van der Waals surface area (Å²) in [4.78, 5) is 16.8. The Kier molecular flexibility index (Phi) is 5.18. The van der Waals surface area contributed by atoms with Crippen molar-refractivity contribution in [1.29, 1.82) is 0 Å². The number of aliphatic hydroxyl groups is 1. The summed E-state index contributed by atoms with van der Waals surface area (Å²) in [6, 6.07) is 0. The molecule has 1 aromatic rings. The van der Waals surface area contributed by atoms with Gasteiger partial charge in [-0.15, -0.1) is 0 Å². The minimum atomic E-state index is -0.839. The minimum absolute atomic E-state index is 0.163. The highest BCUT2D eigenvalue weighted by atomic mass is 35.5. The Hall–Kier alpha value is -1.18. The van der Waals surface area contributed by atoms with E-state index in [1.807, 2.05) is 16.7 Å². The monoisotopic (exact) mass is 315 g/mol. The van der Waals surface area contributed by atoms with Crippen LogP contribution in [0.4, 0.5) is 11.9 Å². The zero-order valence-corrected chi connectivity index (χ0v) is 13.5. The Labute approximate surface area is 129 Å². The molecule has 0 aromatic carbocycles. The van der Waals surface area contributed by atoms with E-state index in [0.29, 0.717) is 38.2 Å². The van der Waals surface area contributed by atoms with E-state index in [2.05, 4.69) is 15.0 Å². The van der Waals surface area contributed by atoms with Gasteiger partial charge in [0, 0.05) is 26.2 Å². The van der Waals surface area contributed by atoms with Crippen LogP contribution >= 0.6 is 11.6 Å². The van der Waals surface area contributed by atoms with Crippen molar-refractivity contribution in [2.24, 2.45) is 0 Å². The van der Waals surface area contributed by atoms with Gasteiger partial charge < -0.3 is 19.6 Å². The molecule has 1 fully saturated rings. The lowest BCUT2D eigenvalue weighted by atomic mass is 10.1. The van der Waals surface area contributed by atoms with Crippen molar-refractivity contribution < 1.29 is 9.84 Å². The molecular weight excluding hydrogens is 294 g/mol. The number of halogens is 1. The van der Waals surface area contributed by atoms with Gasteiger partial charge in [0.25, 0.3) is 0 Å². The third-order valence-corrected chi connectivity index (χ3v) is 3.29. The standard InChI is InChI=1S/C13H22ClN5O2/c1-4-18(9-13(2,3)20)11-15-10(14)16-12(17-11)19-5-7-21-8-6-19/h20H,4-9H2,1-3H3. The van der Waals surface area contributed by atoms with Crippen molar-refractivity contribution in [2.75, 3.05) is 49.2 Å². The maximum atomic E-state index is 10.00. The van der Waals surface area contributed by atoms with Crippen LogP contribution in [-0.4, -0.2) is 65.1 Å². The molecule has 0 saturated carbocycles. The molecule has 1 N–H and O–H groups in total. The summed E-state index contributed by atoms with van der Waals surface area (Å²) in [5.74, 6) is 1.05. The molecule has 0 atom stereocenters. The largest absolute Gasteiger partial charge is 0.389 e. The van der Waals surface area contributed by atoms with Gasteiger partial charge in [-0.1, -0.05) is 0 Å². The third kappa shape index (κ3) is 4.66. The number of ether oxygens (including phenoxy) is 1. The molecule has 21 heavy (non-hydrogen) atoms. The van der Waals surface area contributed by atoms with Crippen LogP contribution in [0.25, 0.3) is 0 Å². The maximum Gasteiger partial charge on any atom is 0.231 e. The Morgan fingerprint density at radius 2 is 1.95 bits per heavy atom. The van der Waals surface area contributed by atoms with E-state index >= 15 is 0 Å². The Morgan fingerprint density at radius 1 is 1.29 bits per heavy atom. The summed E-state index contributed by atoms with van der Waals surface area (Å²) in [6.45, 7) is 9.36. The average Bonchev–Trinajstić information content (AvgIpc) is 2.44. The van der Waals surface area contributed by atoms with Gasteiger partial charge in [0.1, 0.15) is 0 Å². The first-order chi connectivity index (χ1) is 9.89. The van der Waals surface area contributed by atoms with Crippen molar-refractivity contribution in [2.45, 2.75) is 26.4 Å². The summed E-state index contributed by atoms with van der Waals surface area (Å²) < 4.78 is 5.33. The van der Waals surface area contributed by atoms with Crippen LogP contribution < -0.4 is 9.80 Å². The quantitative estimate of drug-likeness (QED) is 0.867. The highest BCUT2D eigenvalue weighted by Gasteiger charge is 2.22. The summed E-state index contributed by atoms with van der Waals surface area (Å²) in [5, 5.41) is 10.2. The Bertz CT molecular complexity index is 474. The summed E-state index contributed by atoms with van der Waals surface area (Å²) in [5.41, 5.74) is -0.839. The van der Waals surface area contributed by atoms with Gasteiger partial charge in [0.15, 0.2) is 0 Å². The van der Waals surface area contributed by atoms with Crippen LogP contribution in [0.2, 0.25) is 5.28 Å². The number of anilines is 2. The second-order valence-electron chi connectivity index (χ2n) is 5.63. The lowest BCUT2D eigenvalue weighted by Gasteiger charge is -2.30. The van der Waals surface area contributed by atoms with Crippen molar-refractivity contribution >= 4 is 23.5 Å². The zero-order valence-electron chi connectivity index (χ0n) is 12.7. The Balaban J connectivity index is 2.24. The third-order valence-electron chi connectivity index (χ3n) is 3.12. The highest BCUT2D eigenvalue weighted by Crippen LogP contribution is 2.19. The molecule has 1 aliphatic rings. The molecule has 0 spiro atoms. The number of rotatable bonds is 5. The predicted octanol–water partition coefficient (Wildman–Crippen LogP) is 0.959. The number of likely N-dealkylation sites (N-methyl/N-ethyl adjacent to an activating group) is 1. The normalized spacial score (nSPS) is 16.1. The summed E-state index contributed by atoms with van der Waals surface area (Å²) in [6.07, 6.45) is 0. The van der Waals surface area contributed by atoms with Crippen molar-refractivity contribution in [1.82, 2.24) is 15.0 Å². The van der Waals surface area contributed by atoms with Crippen LogP contribution in [0.1, 0.15) is 20.8 Å². The van der Waals surface area contributed by atoms with E-state index in [1.54, 1.807) is 13.8 Å². The average molecular weight is 316 g/mol. The number of hydrogen-bond donors (Lipinski definition) is 1. The number of nitrogens with zero attached hydrogens (tertiary/aromatic N) is 5. The number of morpholine rings is 1. The molecule has 0 bridgehead atoms. The predicted molar refractivity (Wildman–Crippen MR) is 82.1 cm³/mol. The second-order valence-corrected chi connectivity index (χ2v) is 5.97. The molecule has 0 aliphatic carbocycles. The van der Waals surface area contributed by atoms with Gasteiger partial charge in [-0.3, -0.25) is 0 Å². The molecule has 1 saturated heterocycles. The summed E-state index contributed by atoms with van der Waals surface area (Å²) >= 11 is 6.03. The molecule has 0 amide bonds. The molecule has 118 valence electrons. The Morgan fingerprint density at radius 3 is 2.52 bits per heavy atom. The van der Waals surface area contributed by atoms with E-state index < -0.39 is 5.60 Å². The van der Waals surface area contributed by atoms with Gasteiger partial charge in [0.05, 0.1) is 18.8 Å². The SMILES string of the molecule is CCN(CC(C)(C)O)c1nc(Cl)nc(N2CCOCC2)n1. The van der Waals surface area contributed by atoms with Crippen molar-refractivity contribution in [3.8, 4) is 0 Å². The maximum absolute atomic E-state index is 10.00. The van der Waals surface area contributed by atoms with Gasteiger partial charge in [-0.25, -0.2) is 0 Å². The van der Waals surface area contributed by atoms with Crippen LogP contribution in [0, 0.1) is 0 Å². The van der Waals surface area contributed by atoms with Gasteiger partial charge in [-0.05, 0) is 32.4 Å². The fraction of sp³-hybridized carbons (Fsp3) is 0.769. The molecular formula is C13H22ClN5O2. The lowest BCUT2D eigenvalue weighted by Crippen LogP contribution is -2.41. The first-order valence-corrected chi connectivity index (χ1v) is 7.48. The first-order valence-electron chi connectivity index (χ1n) is 7.10. The van der Waals surface area contributed by atoms with Gasteiger partial charge >= 0.3 is 0 Å². The molecule has 0 radical (unpaired) electrons. The topological polar surface area (TPSA) is 74.6 Å². The smallest absolute Gasteiger partial charge is 0.231 e. The van der Waals surface area contributed by atoms with E-state index in [9.17, 15) is 5.11 Å². The lowest BCUT2D eigenvalue weighted by molar-refractivity contribution is 0.0872. The first kappa shape index (κ1) is 16.2. The van der Waals surface area contributed by atoms with Crippen molar-refractivity contribution in [3.63, 3.8) is 0 Å². The van der Waals surface area contributed by atoms with E-state index in [-0.39, 0.29) is 5.28 Å². The van der Waals surface area contributed by atoms with Gasteiger partial charge in [-0.2, -0.15) is 15.0 Å². The molecule has 8 heteroatoms. The summed E-state index contributed by atoms with van der Waals surface area (Å²) in [7, 11) is 0. The molecule has 2 heterocycles. The molecule has 7 nitrogen and oxygen atoms in total. The van der Waals surface area contributed by atoms with Gasteiger partial charge in [0.2, 0.25) is 17.2 Å². The molecule has 2 rings (SSSR count). The second kappa shape index (κ2) is 6.72. The van der Waals surface area contributed by atoms with Crippen LogP contribution in [0.15, 0.2) is 0 Å². The fourth-order valence-electron chi connectivity index (χ4n) is 2.17. The van der Waals surface area contributed by atoms with Crippen LogP contribution in [-0.2, 0) is 4.74 Å². The van der Waals surface area contributed by atoms with E-state index in [4.69, 9.17) is 16.3 Å². The molecule has 0 unspecified atom stereocenters. The van der Waals surface area contributed by atoms with Crippen LogP contribution in [0.3, 0.4) is 0 Å². The molecule has 1 aromatic heterocycles. The van der Waals surface area contributed by atoms with E-state index in [0.717, 1.165) is 13.1 Å². The number of aromatic nitrogens is 3. The molecule has 1 aliphatic heterocycles. The van der Waals surface area contributed by atoms with Crippen molar-refractivity contribution in [3.05, 3.63) is 5.28 Å². The van der Waals surface area contributed by atoms with Crippen LogP contribution in [0.5, 0.6) is 0 Å². The van der Waals surface area contributed by atoms with E-state index in [1.165, 1.54) is 0 Å².